The number of aromatic nitrogens is 1. The van der Waals surface area contributed by atoms with Crippen molar-refractivity contribution in [1.82, 2.24) is 9.99 Å². The molecular weight excluding hydrogens is 642 g/mol. The molecule has 0 atom stereocenters. The summed E-state index contributed by atoms with van der Waals surface area (Å²) in [5, 5.41) is 15.7. The van der Waals surface area contributed by atoms with Crippen molar-refractivity contribution < 1.29 is 27.6 Å². The molecule has 0 radical (unpaired) electrons. The van der Waals surface area contributed by atoms with Gasteiger partial charge in [-0.25, -0.2) is 13.8 Å². The first kappa shape index (κ1) is 31.3. The number of anilines is 1. The van der Waals surface area contributed by atoms with Gasteiger partial charge in [-0.15, -0.1) is 0 Å². The standard InChI is InChI=1S/C29H28BrN5O7S/c1-19-14-21(20(2)34(19)23-9-7-8-22(30)15-23)17-31-32-29(36)18-33(25-13-12-24(41-3)16-27(25)42-4)43(39,40)28-11-6-5-10-26(28)35(37)38/h5-17H,18H2,1-4H3,(H,32,36)/b31-17+. The molecule has 0 unspecified atom stereocenters. The van der Waals surface area contributed by atoms with Crippen LogP contribution in [-0.2, 0) is 14.8 Å². The van der Waals surface area contributed by atoms with Gasteiger partial charge in [0.15, 0.2) is 4.90 Å². The second-order valence-corrected chi connectivity index (χ2v) is 12.0. The van der Waals surface area contributed by atoms with Crippen LogP contribution >= 0.6 is 15.9 Å². The molecule has 0 fully saturated rings. The normalized spacial score (nSPS) is 11.4. The number of methoxy groups -OCH3 is 2. The van der Waals surface area contributed by atoms with Crippen LogP contribution in [0.3, 0.4) is 0 Å². The predicted molar refractivity (Wildman–Crippen MR) is 166 cm³/mol. The van der Waals surface area contributed by atoms with Gasteiger partial charge in [-0.2, -0.15) is 5.10 Å². The monoisotopic (exact) mass is 669 g/mol. The number of sulfonamides is 1. The number of para-hydroxylation sites is 1. The Morgan fingerprint density at radius 1 is 1.07 bits per heavy atom. The first-order valence-electron chi connectivity index (χ1n) is 12.7. The number of nitrogens with one attached hydrogen (secondary N) is 1. The van der Waals surface area contributed by atoms with E-state index in [1.807, 2.05) is 48.7 Å². The second-order valence-electron chi connectivity index (χ2n) is 9.21. The lowest BCUT2D eigenvalue weighted by atomic mass is 10.2. The van der Waals surface area contributed by atoms with Gasteiger partial charge in [0.2, 0.25) is 0 Å². The van der Waals surface area contributed by atoms with Crippen molar-refractivity contribution in [3.05, 3.63) is 104 Å². The van der Waals surface area contributed by atoms with Crippen LogP contribution in [0.2, 0.25) is 0 Å². The molecule has 1 N–H and O–H groups in total. The zero-order chi connectivity index (χ0) is 31.3. The molecule has 0 bridgehead atoms. The van der Waals surface area contributed by atoms with E-state index in [0.717, 1.165) is 43.5 Å². The number of hydrogen-bond acceptors (Lipinski definition) is 8. The molecule has 1 heterocycles. The summed E-state index contributed by atoms with van der Waals surface area (Å²) in [4.78, 5) is 23.4. The third-order valence-electron chi connectivity index (χ3n) is 6.50. The molecule has 0 aliphatic carbocycles. The molecule has 12 nitrogen and oxygen atoms in total. The number of rotatable bonds is 11. The first-order chi connectivity index (χ1) is 20.5. The quantitative estimate of drug-likeness (QED) is 0.132. The largest absolute Gasteiger partial charge is 0.497 e. The predicted octanol–water partition coefficient (Wildman–Crippen LogP) is 5.13. The maximum atomic E-state index is 13.9. The van der Waals surface area contributed by atoms with E-state index in [9.17, 15) is 23.3 Å². The lowest BCUT2D eigenvalue weighted by Gasteiger charge is -2.25. The van der Waals surface area contributed by atoms with Gasteiger partial charge in [-0.3, -0.25) is 19.2 Å². The summed E-state index contributed by atoms with van der Waals surface area (Å²) in [5.41, 5.74) is 5.19. The molecule has 0 spiro atoms. The van der Waals surface area contributed by atoms with Crippen LogP contribution in [0.4, 0.5) is 11.4 Å². The lowest BCUT2D eigenvalue weighted by Crippen LogP contribution is -2.40. The fourth-order valence-corrected chi connectivity index (χ4v) is 6.48. The third kappa shape index (κ3) is 6.70. The highest BCUT2D eigenvalue weighted by Gasteiger charge is 2.34. The number of carbonyl (C=O) groups excluding carboxylic acids is 1. The number of halogens is 1. The number of aryl methyl sites for hydroxylation is 1. The molecule has 0 aliphatic rings. The molecule has 3 aromatic carbocycles. The van der Waals surface area contributed by atoms with Crippen molar-refractivity contribution in [2.24, 2.45) is 5.10 Å². The summed E-state index contributed by atoms with van der Waals surface area (Å²) in [6, 6.07) is 18.9. The van der Waals surface area contributed by atoms with Crippen molar-refractivity contribution in [3.63, 3.8) is 0 Å². The zero-order valence-electron chi connectivity index (χ0n) is 23.6. The van der Waals surface area contributed by atoms with Gasteiger partial charge in [0.1, 0.15) is 18.0 Å². The average Bonchev–Trinajstić information content (AvgIpc) is 3.27. The Morgan fingerprint density at radius 3 is 2.49 bits per heavy atom. The van der Waals surface area contributed by atoms with Crippen molar-refractivity contribution in [3.8, 4) is 17.2 Å². The van der Waals surface area contributed by atoms with Gasteiger partial charge in [-0.05, 0) is 56.3 Å². The van der Waals surface area contributed by atoms with Crippen molar-refractivity contribution >= 4 is 49.4 Å². The van der Waals surface area contributed by atoms with Gasteiger partial charge in [0, 0.05) is 39.2 Å². The van der Waals surface area contributed by atoms with Crippen LogP contribution in [0.15, 0.2) is 87.3 Å². The van der Waals surface area contributed by atoms with Crippen LogP contribution in [-0.4, -0.2) is 50.8 Å². The van der Waals surface area contributed by atoms with Crippen LogP contribution in [0.1, 0.15) is 17.0 Å². The van der Waals surface area contributed by atoms with Gasteiger partial charge in [-0.1, -0.05) is 34.1 Å². The molecule has 1 amide bonds. The van der Waals surface area contributed by atoms with E-state index in [-0.39, 0.29) is 11.4 Å². The smallest absolute Gasteiger partial charge is 0.289 e. The number of amides is 1. The summed E-state index contributed by atoms with van der Waals surface area (Å²) < 4.78 is 42.0. The number of nitro groups is 1. The fourth-order valence-electron chi connectivity index (χ4n) is 4.51. The van der Waals surface area contributed by atoms with Gasteiger partial charge >= 0.3 is 0 Å². The van der Waals surface area contributed by atoms with E-state index < -0.39 is 38.0 Å². The topological polar surface area (TPSA) is 145 Å². The van der Waals surface area contributed by atoms with Crippen LogP contribution < -0.4 is 19.2 Å². The lowest BCUT2D eigenvalue weighted by molar-refractivity contribution is -0.387. The highest BCUT2D eigenvalue weighted by Crippen LogP contribution is 2.37. The molecule has 14 heteroatoms. The van der Waals surface area contributed by atoms with E-state index in [2.05, 4.69) is 26.5 Å². The highest BCUT2D eigenvalue weighted by molar-refractivity contribution is 9.10. The highest BCUT2D eigenvalue weighted by atomic mass is 79.9. The second kappa shape index (κ2) is 13.1. The first-order valence-corrected chi connectivity index (χ1v) is 15.0. The molecular formula is C29H28BrN5O7S. The van der Waals surface area contributed by atoms with Gasteiger partial charge in [0.25, 0.3) is 21.6 Å². The van der Waals surface area contributed by atoms with Gasteiger partial charge < -0.3 is 14.0 Å². The molecule has 0 aliphatic heterocycles. The number of benzene rings is 3. The van der Waals surface area contributed by atoms with Gasteiger partial charge in [0.05, 0.1) is 31.0 Å². The minimum Gasteiger partial charge on any atom is -0.497 e. The minimum atomic E-state index is -4.65. The van der Waals surface area contributed by atoms with Crippen molar-refractivity contribution in [1.29, 1.82) is 0 Å². The van der Waals surface area contributed by atoms with E-state index in [0.29, 0.717) is 5.75 Å². The summed E-state index contributed by atoms with van der Waals surface area (Å²) in [7, 11) is -1.90. The minimum absolute atomic E-state index is 0.0295. The number of ether oxygens (including phenoxy) is 2. The number of nitrogens with zero attached hydrogens (tertiary/aromatic N) is 4. The van der Waals surface area contributed by atoms with Crippen LogP contribution in [0.25, 0.3) is 5.69 Å². The molecule has 43 heavy (non-hydrogen) atoms. The Hall–Kier alpha value is -4.69. The Labute approximate surface area is 256 Å². The molecule has 1 aromatic heterocycles. The van der Waals surface area contributed by atoms with Crippen molar-refractivity contribution in [2.75, 3.05) is 25.1 Å². The number of hydrogen-bond donors (Lipinski definition) is 1. The summed E-state index contributed by atoms with van der Waals surface area (Å²) in [5.74, 6) is -0.354. The van der Waals surface area contributed by atoms with E-state index in [4.69, 9.17) is 9.47 Å². The maximum absolute atomic E-state index is 13.9. The van der Waals surface area contributed by atoms with Crippen molar-refractivity contribution in [2.45, 2.75) is 18.7 Å². The third-order valence-corrected chi connectivity index (χ3v) is 8.80. The Bertz CT molecular complexity index is 1820. The zero-order valence-corrected chi connectivity index (χ0v) is 26.0. The number of nitro benzene ring substituents is 1. The van der Waals surface area contributed by atoms with E-state index >= 15 is 0 Å². The molecule has 4 aromatic rings. The molecule has 0 saturated carbocycles. The summed E-state index contributed by atoms with van der Waals surface area (Å²) in [6.07, 6.45) is 1.46. The van der Waals surface area contributed by atoms with Crippen LogP contribution in [0.5, 0.6) is 11.5 Å². The molecule has 224 valence electrons. The molecule has 0 saturated heterocycles. The average molecular weight is 671 g/mol. The van der Waals surface area contributed by atoms with E-state index in [1.165, 1.54) is 50.8 Å². The fraction of sp³-hybridized carbons (Fsp3) is 0.172. The summed E-state index contributed by atoms with van der Waals surface area (Å²) in [6.45, 7) is 3.09. The van der Waals surface area contributed by atoms with E-state index in [1.54, 1.807) is 0 Å². The summed E-state index contributed by atoms with van der Waals surface area (Å²) >= 11 is 3.48. The Balaban J connectivity index is 1.66. The number of hydrazone groups is 1. The molecule has 4 rings (SSSR count). The Kier molecular flexibility index (Phi) is 9.51. The Morgan fingerprint density at radius 2 is 1.81 bits per heavy atom. The number of carbonyl (C=O) groups is 1. The SMILES string of the molecule is COc1ccc(N(CC(=O)N/N=C/c2cc(C)n(-c3cccc(Br)c3)c2C)S(=O)(=O)c2ccccc2[N+](=O)[O-])c(OC)c1. The van der Waals surface area contributed by atoms with Crippen LogP contribution in [0, 0.1) is 24.0 Å². The maximum Gasteiger partial charge on any atom is 0.289 e.